The average molecular weight is 394 g/mol. The molecule has 0 aliphatic carbocycles. The zero-order chi connectivity index (χ0) is 19.8. The van der Waals surface area contributed by atoms with Crippen LogP contribution in [-0.4, -0.2) is 68.6 Å². The SMILES string of the molecule is CCNC(=NCC(CC)Oc1ccccc1F)N1CCOC(C2CCCO2)C1. The van der Waals surface area contributed by atoms with Gasteiger partial charge in [-0.1, -0.05) is 19.1 Å². The Labute approximate surface area is 167 Å². The van der Waals surface area contributed by atoms with Crippen molar-refractivity contribution in [3.63, 3.8) is 0 Å². The molecular formula is C21H32FN3O3. The zero-order valence-corrected chi connectivity index (χ0v) is 16.9. The van der Waals surface area contributed by atoms with E-state index in [9.17, 15) is 4.39 Å². The summed E-state index contributed by atoms with van der Waals surface area (Å²) >= 11 is 0. The summed E-state index contributed by atoms with van der Waals surface area (Å²) in [6.45, 7) is 8.38. The number of hydrogen-bond acceptors (Lipinski definition) is 4. The second-order valence-electron chi connectivity index (χ2n) is 7.18. The number of morpholine rings is 1. The molecule has 0 saturated carbocycles. The van der Waals surface area contributed by atoms with Crippen molar-refractivity contribution in [2.75, 3.05) is 39.4 Å². The highest BCUT2D eigenvalue weighted by Crippen LogP contribution is 2.21. The number of rotatable bonds is 7. The van der Waals surface area contributed by atoms with E-state index in [0.717, 1.165) is 51.5 Å². The predicted molar refractivity (Wildman–Crippen MR) is 107 cm³/mol. The van der Waals surface area contributed by atoms with Gasteiger partial charge in [0.2, 0.25) is 0 Å². The molecule has 1 N–H and O–H groups in total. The molecule has 0 bridgehead atoms. The van der Waals surface area contributed by atoms with E-state index in [1.165, 1.54) is 6.07 Å². The smallest absolute Gasteiger partial charge is 0.194 e. The minimum Gasteiger partial charge on any atom is -0.485 e. The summed E-state index contributed by atoms with van der Waals surface area (Å²) in [5, 5.41) is 3.37. The lowest BCUT2D eigenvalue weighted by Crippen LogP contribution is -2.53. The van der Waals surface area contributed by atoms with Crippen LogP contribution < -0.4 is 10.1 Å². The molecule has 0 spiro atoms. The molecule has 2 aliphatic heterocycles. The third kappa shape index (κ3) is 5.58. The largest absolute Gasteiger partial charge is 0.485 e. The highest BCUT2D eigenvalue weighted by Gasteiger charge is 2.32. The van der Waals surface area contributed by atoms with Crippen molar-refractivity contribution < 1.29 is 18.6 Å². The Morgan fingerprint density at radius 3 is 2.82 bits per heavy atom. The van der Waals surface area contributed by atoms with Crippen LogP contribution in [0.4, 0.5) is 4.39 Å². The maximum atomic E-state index is 13.9. The van der Waals surface area contributed by atoms with Gasteiger partial charge in [0, 0.05) is 26.2 Å². The molecule has 3 rings (SSSR count). The molecule has 2 aliphatic rings. The predicted octanol–water partition coefficient (Wildman–Crippen LogP) is 2.83. The van der Waals surface area contributed by atoms with Crippen LogP contribution in [-0.2, 0) is 9.47 Å². The minimum atomic E-state index is -0.343. The van der Waals surface area contributed by atoms with Crippen LogP contribution in [0.3, 0.4) is 0 Å². The van der Waals surface area contributed by atoms with E-state index in [1.807, 2.05) is 6.92 Å². The molecule has 1 aromatic rings. The standard InChI is InChI=1S/C21H32FN3O3/c1-3-16(28-18-9-6-5-8-17(18)22)14-24-21(23-4-2)25-11-13-27-20(15-25)19-10-7-12-26-19/h5-6,8-9,16,19-20H,3-4,7,10-15H2,1-2H3,(H,23,24). The summed E-state index contributed by atoms with van der Waals surface area (Å²) in [5.41, 5.74) is 0. The molecule has 28 heavy (non-hydrogen) atoms. The number of para-hydroxylation sites is 1. The van der Waals surface area contributed by atoms with E-state index in [4.69, 9.17) is 19.2 Å². The zero-order valence-electron chi connectivity index (χ0n) is 16.9. The Hall–Kier alpha value is -1.86. The third-order valence-electron chi connectivity index (χ3n) is 5.14. The topological polar surface area (TPSA) is 55.3 Å². The molecule has 2 saturated heterocycles. The second kappa shape index (κ2) is 10.6. The van der Waals surface area contributed by atoms with Crippen LogP contribution in [0.1, 0.15) is 33.1 Å². The van der Waals surface area contributed by atoms with E-state index < -0.39 is 0 Å². The summed E-state index contributed by atoms with van der Waals surface area (Å²) < 4.78 is 31.5. The van der Waals surface area contributed by atoms with Crippen LogP contribution in [0.25, 0.3) is 0 Å². The molecule has 6 nitrogen and oxygen atoms in total. The maximum Gasteiger partial charge on any atom is 0.194 e. The van der Waals surface area contributed by atoms with Gasteiger partial charge in [-0.15, -0.1) is 0 Å². The number of benzene rings is 1. The van der Waals surface area contributed by atoms with Crippen LogP contribution in [0.5, 0.6) is 5.75 Å². The quantitative estimate of drug-likeness (QED) is 0.570. The van der Waals surface area contributed by atoms with E-state index in [2.05, 4.69) is 17.1 Å². The van der Waals surface area contributed by atoms with Gasteiger partial charge in [0.05, 0.1) is 19.3 Å². The fraction of sp³-hybridized carbons (Fsp3) is 0.667. The molecule has 0 amide bonds. The Balaban J connectivity index is 1.62. The molecule has 3 atom stereocenters. The van der Waals surface area contributed by atoms with E-state index in [-0.39, 0.29) is 29.9 Å². The maximum absolute atomic E-state index is 13.9. The highest BCUT2D eigenvalue weighted by atomic mass is 19.1. The first-order valence-corrected chi connectivity index (χ1v) is 10.4. The van der Waals surface area contributed by atoms with Gasteiger partial charge < -0.3 is 24.4 Å². The van der Waals surface area contributed by atoms with E-state index in [1.54, 1.807) is 18.2 Å². The molecule has 2 heterocycles. The summed E-state index contributed by atoms with van der Waals surface area (Å²) in [4.78, 5) is 7.01. The minimum absolute atomic E-state index is 0.0803. The fourth-order valence-electron chi connectivity index (χ4n) is 3.57. The number of nitrogens with zero attached hydrogens (tertiary/aromatic N) is 2. The number of nitrogens with one attached hydrogen (secondary N) is 1. The van der Waals surface area contributed by atoms with Crippen molar-refractivity contribution in [2.24, 2.45) is 4.99 Å². The van der Waals surface area contributed by atoms with Crippen LogP contribution in [0.2, 0.25) is 0 Å². The van der Waals surface area contributed by atoms with Crippen molar-refractivity contribution in [3.8, 4) is 5.75 Å². The van der Waals surface area contributed by atoms with Gasteiger partial charge in [0.1, 0.15) is 12.2 Å². The van der Waals surface area contributed by atoms with Crippen molar-refractivity contribution >= 4 is 5.96 Å². The summed E-state index contributed by atoms with van der Waals surface area (Å²) in [6, 6.07) is 6.50. The summed E-state index contributed by atoms with van der Waals surface area (Å²) in [6.07, 6.45) is 2.99. The van der Waals surface area contributed by atoms with E-state index in [0.29, 0.717) is 13.2 Å². The second-order valence-corrected chi connectivity index (χ2v) is 7.18. The Morgan fingerprint density at radius 1 is 1.29 bits per heavy atom. The molecule has 0 radical (unpaired) electrons. The lowest BCUT2D eigenvalue weighted by Gasteiger charge is -2.37. The number of halogens is 1. The number of aliphatic imine (C=N–C) groups is 1. The normalized spacial score (nSPS) is 24.2. The lowest BCUT2D eigenvalue weighted by molar-refractivity contribution is -0.0817. The van der Waals surface area contributed by atoms with Gasteiger partial charge in [-0.25, -0.2) is 9.38 Å². The summed E-state index contributed by atoms with van der Waals surface area (Å²) in [5.74, 6) is 0.785. The average Bonchev–Trinajstić information content (AvgIpc) is 3.26. The van der Waals surface area contributed by atoms with Gasteiger partial charge in [0.25, 0.3) is 0 Å². The number of ether oxygens (including phenoxy) is 3. The molecule has 3 unspecified atom stereocenters. The molecule has 156 valence electrons. The first-order valence-electron chi connectivity index (χ1n) is 10.4. The monoisotopic (exact) mass is 393 g/mol. The Bertz CT molecular complexity index is 637. The molecule has 7 heteroatoms. The van der Waals surface area contributed by atoms with Crippen molar-refractivity contribution in [1.82, 2.24) is 10.2 Å². The fourth-order valence-corrected chi connectivity index (χ4v) is 3.57. The Morgan fingerprint density at radius 2 is 2.11 bits per heavy atom. The van der Waals surface area contributed by atoms with Crippen LogP contribution in [0, 0.1) is 5.82 Å². The lowest BCUT2D eigenvalue weighted by atomic mass is 10.1. The van der Waals surface area contributed by atoms with E-state index >= 15 is 0 Å². The number of guanidine groups is 1. The van der Waals surface area contributed by atoms with Crippen molar-refractivity contribution in [3.05, 3.63) is 30.1 Å². The first kappa shape index (κ1) is 20.9. The molecule has 1 aromatic carbocycles. The van der Waals surface area contributed by atoms with Gasteiger partial charge in [-0.2, -0.15) is 0 Å². The van der Waals surface area contributed by atoms with Gasteiger partial charge in [-0.05, 0) is 38.3 Å². The molecule has 0 aromatic heterocycles. The molecule has 2 fully saturated rings. The number of hydrogen-bond donors (Lipinski definition) is 1. The molecular weight excluding hydrogens is 361 g/mol. The van der Waals surface area contributed by atoms with Crippen LogP contribution >= 0.6 is 0 Å². The van der Waals surface area contributed by atoms with Gasteiger partial charge in [0.15, 0.2) is 17.5 Å². The highest BCUT2D eigenvalue weighted by molar-refractivity contribution is 5.80. The van der Waals surface area contributed by atoms with Gasteiger partial charge in [-0.3, -0.25) is 0 Å². The third-order valence-corrected chi connectivity index (χ3v) is 5.14. The first-order chi connectivity index (χ1) is 13.7. The Kier molecular flexibility index (Phi) is 7.91. The van der Waals surface area contributed by atoms with Crippen LogP contribution in [0.15, 0.2) is 29.3 Å². The van der Waals surface area contributed by atoms with Crippen molar-refractivity contribution in [1.29, 1.82) is 0 Å². The van der Waals surface area contributed by atoms with Gasteiger partial charge >= 0.3 is 0 Å². The summed E-state index contributed by atoms with van der Waals surface area (Å²) in [7, 11) is 0. The van der Waals surface area contributed by atoms with Crippen molar-refractivity contribution in [2.45, 2.75) is 51.4 Å².